The summed E-state index contributed by atoms with van der Waals surface area (Å²) in [5.74, 6) is 1.73. The van der Waals surface area contributed by atoms with Gasteiger partial charge in [0, 0.05) is 12.5 Å². The van der Waals surface area contributed by atoms with Crippen molar-refractivity contribution in [1.82, 2.24) is 9.78 Å². The molecule has 2 heterocycles. The maximum Gasteiger partial charge on any atom is 0.226 e. The summed E-state index contributed by atoms with van der Waals surface area (Å²) in [4.78, 5) is 12.6. The first-order valence-corrected chi connectivity index (χ1v) is 8.42. The van der Waals surface area contributed by atoms with Crippen LogP contribution >= 0.6 is 0 Å². The molecule has 0 saturated carbocycles. The fourth-order valence-corrected chi connectivity index (χ4v) is 3.22. The fraction of sp³-hybridized carbons (Fsp3) is 0.200. The third-order valence-corrected chi connectivity index (χ3v) is 4.43. The molecular formula is C20H19N3O2. The number of carbonyl (C=O) groups excluding carboxylic acids is 1. The Balaban J connectivity index is 1.49. The molecule has 126 valence electrons. The van der Waals surface area contributed by atoms with Crippen molar-refractivity contribution in [2.45, 2.75) is 18.8 Å². The van der Waals surface area contributed by atoms with Gasteiger partial charge in [-0.2, -0.15) is 5.10 Å². The molecule has 5 nitrogen and oxygen atoms in total. The van der Waals surface area contributed by atoms with Crippen LogP contribution in [-0.2, 0) is 4.79 Å². The van der Waals surface area contributed by atoms with Crippen LogP contribution in [0.4, 0.5) is 5.82 Å². The monoisotopic (exact) mass is 333 g/mol. The number of nitrogens with zero attached hydrogens (tertiary/aromatic N) is 2. The molecule has 3 aromatic rings. The summed E-state index contributed by atoms with van der Waals surface area (Å²) < 4.78 is 7.40. The second-order valence-corrected chi connectivity index (χ2v) is 6.09. The Kier molecular flexibility index (Phi) is 4.21. The zero-order valence-electron chi connectivity index (χ0n) is 13.8. The number of amides is 1. The SMILES string of the molecule is O=C(CC1CCOc2ccccc21)Nc1ccnn1-c1ccccc1. The van der Waals surface area contributed by atoms with E-state index >= 15 is 0 Å². The van der Waals surface area contributed by atoms with Crippen LogP contribution in [0.15, 0.2) is 66.9 Å². The van der Waals surface area contributed by atoms with Crippen molar-refractivity contribution >= 4 is 11.7 Å². The van der Waals surface area contributed by atoms with Gasteiger partial charge in [-0.05, 0) is 36.1 Å². The average molecular weight is 333 g/mol. The average Bonchev–Trinajstić information content (AvgIpc) is 3.11. The summed E-state index contributed by atoms with van der Waals surface area (Å²) in [7, 11) is 0. The number of ether oxygens (including phenoxy) is 1. The molecule has 1 aliphatic rings. The molecule has 5 heteroatoms. The second kappa shape index (κ2) is 6.81. The van der Waals surface area contributed by atoms with Crippen molar-refractivity contribution < 1.29 is 9.53 Å². The number of anilines is 1. The summed E-state index contributed by atoms with van der Waals surface area (Å²) >= 11 is 0. The minimum absolute atomic E-state index is 0.0145. The first-order chi connectivity index (χ1) is 12.3. The van der Waals surface area contributed by atoms with Gasteiger partial charge in [-0.1, -0.05) is 36.4 Å². The van der Waals surface area contributed by atoms with E-state index < -0.39 is 0 Å². The van der Waals surface area contributed by atoms with Gasteiger partial charge in [-0.15, -0.1) is 0 Å². The van der Waals surface area contributed by atoms with Crippen LogP contribution < -0.4 is 10.1 Å². The van der Waals surface area contributed by atoms with Gasteiger partial charge in [-0.3, -0.25) is 4.79 Å². The van der Waals surface area contributed by atoms with Crippen LogP contribution in [0.5, 0.6) is 5.75 Å². The summed E-state index contributed by atoms with van der Waals surface area (Å²) in [5.41, 5.74) is 2.03. The predicted octanol–water partition coefficient (Wildman–Crippen LogP) is 3.77. The van der Waals surface area contributed by atoms with Crippen LogP contribution in [0.2, 0.25) is 0 Å². The highest BCUT2D eigenvalue weighted by atomic mass is 16.5. The van der Waals surface area contributed by atoms with Crippen LogP contribution in [-0.4, -0.2) is 22.3 Å². The zero-order valence-corrected chi connectivity index (χ0v) is 13.8. The van der Waals surface area contributed by atoms with Crippen LogP contribution in [0.25, 0.3) is 5.69 Å². The molecule has 1 aliphatic heterocycles. The number of fused-ring (bicyclic) bond motifs is 1. The van der Waals surface area contributed by atoms with E-state index in [9.17, 15) is 4.79 Å². The lowest BCUT2D eigenvalue weighted by Gasteiger charge is -2.25. The smallest absolute Gasteiger partial charge is 0.226 e. The Bertz CT molecular complexity index is 873. The molecule has 0 aliphatic carbocycles. The van der Waals surface area contributed by atoms with Gasteiger partial charge in [-0.25, -0.2) is 4.68 Å². The molecule has 0 fully saturated rings. The van der Waals surface area contributed by atoms with E-state index in [1.807, 2.05) is 60.7 Å². The maximum absolute atomic E-state index is 12.6. The van der Waals surface area contributed by atoms with Crippen molar-refractivity contribution in [3.05, 3.63) is 72.4 Å². The third-order valence-electron chi connectivity index (χ3n) is 4.43. The molecular weight excluding hydrogens is 314 g/mol. The fourth-order valence-electron chi connectivity index (χ4n) is 3.22. The molecule has 4 rings (SSSR count). The Morgan fingerprint density at radius 2 is 1.92 bits per heavy atom. The van der Waals surface area contributed by atoms with Crippen molar-refractivity contribution in [2.24, 2.45) is 0 Å². The number of para-hydroxylation sites is 2. The molecule has 1 atom stereocenters. The lowest BCUT2D eigenvalue weighted by atomic mass is 9.90. The molecule has 25 heavy (non-hydrogen) atoms. The first-order valence-electron chi connectivity index (χ1n) is 8.42. The Morgan fingerprint density at radius 1 is 1.12 bits per heavy atom. The Labute approximate surface area is 146 Å². The van der Waals surface area contributed by atoms with E-state index in [-0.39, 0.29) is 11.8 Å². The largest absolute Gasteiger partial charge is 0.493 e. The van der Waals surface area contributed by atoms with Gasteiger partial charge >= 0.3 is 0 Å². The van der Waals surface area contributed by atoms with Gasteiger partial charge < -0.3 is 10.1 Å². The van der Waals surface area contributed by atoms with Gasteiger partial charge in [0.25, 0.3) is 0 Å². The lowest BCUT2D eigenvalue weighted by Crippen LogP contribution is -2.21. The Morgan fingerprint density at radius 3 is 2.80 bits per heavy atom. The van der Waals surface area contributed by atoms with Gasteiger partial charge in [0.1, 0.15) is 11.6 Å². The van der Waals surface area contributed by atoms with E-state index in [2.05, 4.69) is 10.4 Å². The van der Waals surface area contributed by atoms with E-state index in [1.54, 1.807) is 10.9 Å². The number of hydrogen-bond acceptors (Lipinski definition) is 3. The number of nitrogens with one attached hydrogen (secondary N) is 1. The van der Waals surface area contributed by atoms with Crippen molar-refractivity contribution in [3.8, 4) is 11.4 Å². The number of aromatic nitrogens is 2. The van der Waals surface area contributed by atoms with Crippen LogP contribution in [0, 0.1) is 0 Å². The highest BCUT2D eigenvalue weighted by Gasteiger charge is 2.23. The van der Waals surface area contributed by atoms with Crippen molar-refractivity contribution in [3.63, 3.8) is 0 Å². The predicted molar refractivity (Wildman–Crippen MR) is 96.1 cm³/mol. The number of rotatable bonds is 4. The molecule has 0 spiro atoms. The standard InChI is InChI=1S/C20H19N3O2/c24-20(14-15-11-13-25-18-9-5-4-8-17(15)18)22-19-10-12-21-23(19)16-6-2-1-3-7-16/h1-10,12,15H,11,13-14H2,(H,22,24). The molecule has 0 radical (unpaired) electrons. The van der Waals surface area contributed by atoms with E-state index in [0.717, 1.165) is 23.4 Å². The summed E-state index contributed by atoms with van der Waals surface area (Å²) in [6, 6.07) is 19.5. The van der Waals surface area contributed by atoms with Gasteiger partial charge in [0.15, 0.2) is 0 Å². The zero-order chi connectivity index (χ0) is 17.1. The van der Waals surface area contributed by atoms with E-state index in [4.69, 9.17) is 4.74 Å². The van der Waals surface area contributed by atoms with Crippen LogP contribution in [0.3, 0.4) is 0 Å². The quantitative estimate of drug-likeness (QED) is 0.791. The third kappa shape index (κ3) is 3.26. The molecule has 1 amide bonds. The highest BCUT2D eigenvalue weighted by molar-refractivity contribution is 5.90. The maximum atomic E-state index is 12.6. The summed E-state index contributed by atoms with van der Waals surface area (Å²) in [6.07, 6.45) is 2.97. The number of hydrogen-bond donors (Lipinski definition) is 1. The molecule has 0 bridgehead atoms. The highest BCUT2D eigenvalue weighted by Crippen LogP contribution is 2.35. The Hall–Kier alpha value is -3.08. The summed E-state index contributed by atoms with van der Waals surface area (Å²) in [5, 5.41) is 7.29. The topological polar surface area (TPSA) is 56.1 Å². The van der Waals surface area contributed by atoms with Gasteiger partial charge in [0.05, 0.1) is 18.5 Å². The first kappa shape index (κ1) is 15.4. The number of carbonyl (C=O) groups is 1. The van der Waals surface area contributed by atoms with E-state index in [0.29, 0.717) is 18.8 Å². The second-order valence-electron chi connectivity index (χ2n) is 6.09. The lowest BCUT2D eigenvalue weighted by molar-refractivity contribution is -0.116. The number of benzene rings is 2. The molecule has 1 unspecified atom stereocenters. The summed E-state index contributed by atoms with van der Waals surface area (Å²) in [6.45, 7) is 0.650. The van der Waals surface area contributed by atoms with Crippen LogP contribution in [0.1, 0.15) is 24.3 Å². The molecule has 1 aromatic heterocycles. The van der Waals surface area contributed by atoms with Crippen molar-refractivity contribution in [2.75, 3.05) is 11.9 Å². The van der Waals surface area contributed by atoms with E-state index in [1.165, 1.54) is 0 Å². The molecule has 0 saturated heterocycles. The minimum atomic E-state index is -0.0145. The minimum Gasteiger partial charge on any atom is -0.493 e. The normalized spacial score (nSPS) is 15.9. The molecule has 1 N–H and O–H groups in total. The molecule has 2 aromatic carbocycles. The van der Waals surface area contributed by atoms with Crippen molar-refractivity contribution in [1.29, 1.82) is 0 Å². The van der Waals surface area contributed by atoms with Gasteiger partial charge in [0.2, 0.25) is 5.91 Å².